The van der Waals surface area contributed by atoms with Gasteiger partial charge in [-0.1, -0.05) is 13.8 Å². The van der Waals surface area contributed by atoms with Crippen LogP contribution in [0.4, 0.5) is 0 Å². The van der Waals surface area contributed by atoms with E-state index in [1.54, 1.807) is 0 Å². The molecule has 0 amide bonds. The second-order valence-corrected chi connectivity index (χ2v) is 6.46. The average molecular weight is 181 g/mol. The topological polar surface area (TPSA) is 26.0 Å². The maximum absolute atomic E-state index is 6.30. The highest BCUT2D eigenvalue weighted by atomic mass is 14.8. The summed E-state index contributed by atoms with van der Waals surface area (Å²) in [5.41, 5.74) is 6.98. The highest BCUT2D eigenvalue weighted by Gasteiger charge is 2.45. The van der Waals surface area contributed by atoms with Crippen LogP contribution in [-0.2, 0) is 0 Å². The summed E-state index contributed by atoms with van der Waals surface area (Å²) in [4.78, 5) is 0. The molecule has 2 aliphatic carbocycles. The van der Waals surface area contributed by atoms with Gasteiger partial charge in [-0.15, -0.1) is 0 Å². The lowest BCUT2D eigenvalue weighted by atomic mass is 9.56. The summed E-state index contributed by atoms with van der Waals surface area (Å²) in [5.74, 6) is 1.84. The molecule has 2 N–H and O–H groups in total. The smallest absolute Gasteiger partial charge is 0.0133 e. The van der Waals surface area contributed by atoms with Crippen LogP contribution in [0, 0.1) is 17.3 Å². The van der Waals surface area contributed by atoms with Gasteiger partial charge in [0.05, 0.1) is 0 Å². The summed E-state index contributed by atoms with van der Waals surface area (Å²) >= 11 is 0. The van der Waals surface area contributed by atoms with E-state index in [4.69, 9.17) is 5.73 Å². The maximum Gasteiger partial charge on any atom is 0.0133 e. The molecule has 0 saturated heterocycles. The van der Waals surface area contributed by atoms with Crippen molar-refractivity contribution >= 4 is 0 Å². The van der Waals surface area contributed by atoms with Gasteiger partial charge >= 0.3 is 0 Å². The highest BCUT2D eigenvalue weighted by Crippen LogP contribution is 2.52. The lowest BCUT2D eigenvalue weighted by molar-refractivity contribution is 0.0204. The van der Waals surface area contributed by atoms with Crippen LogP contribution in [0.5, 0.6) is 0 Å². The molecule has 1 nitrogen and oxygen atoms in total. The second kappa shape index (κ2) is 2.73. The summed E-state index contributed by atoms with van der Waals surface area (Å²) in [6, 6.07) is 0. The van der Waals surface area contributed by atoms with Gasteiger partial charge in [0, 0.05) is 5.54 Å². The first-order valence-electron chi connectivity index (χ1n) is 5.68. The number of fused-ring (bicyclic) bond motifs is 2. The summed E-state index contributed by atoms with van der Waals surface area (Å²) in [7, 11) is 0. The third-order valence-corrected chi connectivity index (χ3v) is 3.94. The minimum absolute atomic E-state index is 0.123. The largest absolute Gasteiger partial charge is 0.325 e. The van der Waals surface area contributed by atoms with Gasteiger partial charge in [0.1, 0.15) is 0 Å². The minimum atomic E-state index is 0.123. The van der Waals surface area contributed by atoms with Crippen LogP contribution in [0.1, 0.15) is 52.9 Å². The standard InChI is InChI=1S/C12H23N/c1-9-4-10-6-11(2,5-9)8-12(3,13)7-10/h9-10H,4-8,13H2,1-3H3. The van der Waals surface area contributed by atoms with E-state index in [9.17, 15) is 0 Å². The molecule has 0 radical (unpaired) electrons. The van der Waals surface area contributed by atoms with E-state index >= 15 is 0 Å². The van der Waals surface area contributed by atoms with Crippen LogP contribution in [0.2, 0.25) is 0 Å². The average Bonchev–Trinajstić information content (AvgIpc) is 1.75. The van der Waals surface area contributed by atoms with Crippen molar-refractivity contribution < 1.29 is 0 Å². The predicted octanol–water partition coefficient (Wildman–Crippen LogP) is 2.94. The summed E-state index contributed by atoms with van der Waals surface area (Å²) in [6.07, 6.45) is 6.75. The Bertz CT molecular complexity index is 203. The molecule has 0 aromatic rings. The van der Waals surface area contributed by atoms with Crippen LogP contribution >= 0.6 is 0 Å². The second-order valence-electron chi connectivity index (χ2n) is 6.46. The highest BCUT2D eigenvalue weighted by molar-refractivity contribution is 4.99. The Hall–Kier alpha value is -0.0400. The van der Waals surface area contributed by atoms with E-state index in [1.165, 1.54) is 32.1 Å². The molecular formula is C12H23N. The number of nitrogens with two attached hydrogens (primary N) is 1. The van der Waals surface area contributed by atoms with Gasteiger partial charge < -0.3 is 5.73 Å². The van der Waals surface area contributed by atoms with E-state index in [-0.39, 0.29) is 5.54 Å². The molecule has 2 rings (SSSR count). The Kier molecular flexibility index (Phi) is 1.99. The first kappa shape index (κ1) is 9.51. The van der Waals surface area contributed by atoms with Crippen LogP contribution < -0.4 is 5.73 Å². The zero-order valence-corrected chi connectivity index (χ0v) is 9.27. The first-order valence-corrected chi connectivity index (χ1v) is 5.68. The Morgan fingerprint density at radius 2 is 1.85 bits per heavy atom. The minimum Gasteiger partial charge on any atom is -0.325 e. The molecule has 0 aromatic carbocycles. The zero-order chi connectivity index (χ0) is 9.69. The van der Waals surface area contributed by atoms with Crippen LogP contribution in [-0.4, -0.2) is 5.54 Å². The third-order valence-electron chi connectivity index (χ3n) is 3.94. The quantitative estimate of drug-likeness (QED) is 0.611. The molecule has 0 spiro atoms. The van der Waals surface area contributed by atoms with Crippen molar-refractivity contribution in [2.45, 2.75) is 58.4 Å². The fourth-order valence-electron chi connectivity index (χ4n) is 4.36. The van der Waals surface area contributed by atoms with Crippen molar-refractivity contribution in [3.05, 3.63) is 0 Å². The fraction of sp³-hybridized carbons (Fsp3) is 1.00. The monoisotopic (exact) mass is 181 g/mol. The Morgan fingerprint density at radius 3 is 2.46 bits per heavy atom. The molecule has 76 valence electrons. The van der Waals surface area contributed by atoms with Gasteiger partial charge in [-0.05, 0) is 56.3 Å². The van der Waals surface area contributed by atoms with E-state index in [0.29, 0.717) is 5.41 Å². The molecule has 13 heavy (non-hydrogen) atoms. The lowest BCUT2D eigenvalue weighted by Gasteiger charge is -2.51. The molecule has 2 bridgehead atoms. The normalized spacial score (nSPS) is 56.3. The number of hydrogen-bond donors (Lipinski definition) is 1. The SMILES string of the molecule is CC1CC2CC(C)(N)CC(C)(C1)C2. The van der Waals surface area contributed by atoms with Crippen LogP contribution in [0.15, 0.2) is 0 Å². The van der Waals surface area contributed by atoms with Crippen LogP contribution in [0.3, 0.4) is 0 Å². The molecule has 0 aliphatic heterocycles. The molecule has 0 aromatic heterocycles. The van der Waals surface area contributed by atoms with Crippen molar-refractivity contribution in [2.75, 3.05) is 0 Å². The van der Waals surface area contributed by atoms with E-state index in [2.05, 4.69) is 20.8 Å². The Morgan fingerprint density at radius 1 is 1.15 bits per heavy atom. The fourth-order valence-corrected chi connectivity index (χ4v) is 4.36. The van der Waals surface area contributed by atoms with Gasteiger partial charge in [0.25, 0.3) is 0 Å². The molecular weight excluding hydrogens is 158 g/mol. The molecule has 4 atom stereocenters. The van der Waals surface area contributed by atoms with Crippen molar-refractivity contribution in [1.29, 1.82) is 0 Å². The predicted molar refractivity (Wildman–Crippen MR) is 56.4 cm³/mol. The van der Waals surface area contributed by atoms with Gasteiger partial charge in [0.15, 0.2) is 0 Å². The van der Waals surface area contributed by atoms with Gasteiger partial charge in [-0.25, -0.2) is 0 Å². The summed E-state index contributed by atoms with van der Waals surface area (Å²) in [6.45, 7) is 7.09. The summed E-state index contributed by atoms with van der Waals surface area (Å²) < 4.78 is 0. The molecule has 2 aliphatic rings. The number of hydrogen-bond acceptors (Lipinski definition) is 1. The molecule has 4 unspecified atom stereocenters. The molecule has 1 heteroatoms. The summed E-state index contributed by atoms with van der Waals surface area (Å²) in [5, 5.41) is 0. The maximum atomic E-state index is 6.30. The molecule has 2 saturated carbocycles. The Labute approximate surface area is 82.1 Å². The molecule has 0 heterocycles. The van der Waals surface area contributed by atoms with Crippen molar-refractivity contribution in [3.63, 3.8) is 0 Å². The van der Waals surface area contributed by atoms with E-state index < -0.39 is 0 Å². The van der Waals surface area contributed by atoms with Crippen LogP contribution in [0.25, 0.3) is 0 Å². The third kappa shape index (κ3) is 1.90. The van der Waals surface area contributed by atoms with Gasteiger partial charge in [-0.3, -0.25) is 0 Å². The first-order chi connectivity index (χ1) is 5.89. The van der Waals surface area contributed by atoms with Crippen molar-refractivity contribution in [1.82, 2.24) is 0 Å². The zero-order valence-electron chi connectivity index (χ0n) is 9.27. The van der Waals surface area contributed by atoms with E-state index in [0.717, 1.165) is 11.8 Å². The molecule has 2 fully saturated rings. The van der Waals surface area contributed by atoms with Gasteiger partial charge in [0.2, 0.25) is 0 Å². The van der Waals surface area contributed by atoms with E-state index in [1.807, 2.05) is 0 Å². The van der Waals surface area contributed by atoms with Gasteiger partial charge in [-0.2, -0.15) is 0 Å². The lowest BCUT2D eigenvalue weighted by Crippen LogP contribution is -2.50. The number of rotatable bonds is 0. The van der Waals surface area contributed by atoms with Crippen molar-refractivity contribution in [2.24, 2.45) is 23.0 Å². The Balaban J connectivity index is 2.17. The van der Waals surface area contributed by atoms with Crippen molar-refractivity contribution in [3.8, 4) is 0 Å².